The molecule has 1 saturated carbocycles. The van der Waals surface area contributed by atoms with E-state index in [-0.39, 0.29) is 24.5 Å². The number of aromatic nitrogens is 2. The van der Waals surface area contributed by atoms with Crippen LogP contribution in [0.25, 0.3) is 11.0 Å². The molecular weight excluding hydrogens is 401 g/mol. The van der Waals surface area contributed by atoms with Gasteiger partial charge in [0.2, 0.25) is 5.91 Å². The van der Waals surface area contributed by atoms with E-state index in [2.05, 4.69) is 41.4 Å². The third-order valence-corrected chi connectivity index (χ3v) is 5.68. The molecular formula is C18H23BrFN5O. The van der Waals surface area contributed by atoms with Gasteiger partial charge in [-0.25, -0.2) is 9.37 Å². The third-order valence-electron chi connectivity index (χ3n) is 5.10. The molecule has 2 aromatic heterocycles. The van der Waals surface area contributed by atoms with E-state index in [1.54, 1.807) is 6.20 Å². The Labute approximate surface area is 160 Å². The fraction of sp³-hybridized carbons (Fsp3) is 0.556. The highest BCUT2D eigenvalue weighted by Gasteiger charge is 2.31. The Morgan fingerprint density at radius 3 is 3.04 bits per heavy atom. The number of nitrogens with one attached hydrogen (secondary N) is 3. The molecule has 0 spiro atoms. The van der Waals surface area contributed by atoms with Crippen molar-refractivity contribution in [3.63, 3.8) is 0 Å². The summed E-state index contributed by atoms with van der Waals surface area (Å²) in [6, 6.07) is 0.262. The van der Waals surface area contributed by atoms with Gasteiger partial charge < -0.3 is 20.5 Å². The molecule has 1 aliphatic carbocycles. The van der Waals surface area contributed by atoms with Crippen molar-refractivity contribution in [2.45, 2.75) is 31.7 Å². The Kier molecular flexibility index (Phi) is 5.13. The zero-order chi connectivity index (χ0) is 18.1. The number of carbonyl (C=O) groups excluding carboxylic acids is 1. The summed E-state index contributed by atoms with van der Waals surface area (Å²) in [4.78, 5) is 22.2. The maximum Gasteiger partial charge on any atom is 0.227 e. The molecule has 0 radical (unpaired) electrons. The smallest absolute Gasteiger partial charge is 0.227 e. The van der Waals surface area contributed by atoms with Gasteiger partial charge in [0.25, 0.3) is 0 Å². The molecule has 1 unspecified atom stereocenters. The van der Waals surface area contributed by atoms with Crippen LogP contribution in [0.2, 0.25) is 0 Å². The van der Waals surface area contributed by atoms with E-state index in [0.717, 1.165) is 65.7 Å². The van der Waals surface area contributed by atoms with E-state index in [1.165, 1.54) is 0 Å². The lowest BCUT2D eigenvalue weighted by molar-refractivity contribution is -0.117. The monoisotopic (exact) mass is 423 g/mol. The summed E-state index contributed by atoms with van der Waals surface area (Å²) in [7, 11) is 0. The van der Waals surface area contributed by atoms with Crippen LogP contribution in [0, 0.1) is 5.92 Å². The van der Waals surface area contributed by atoms with Gasteiger partial charge in [-0.3, -0.25) is 4.79 Å². The number of amides is 1. The summed E-state index contributed by atoms with van der Waals surface area (Å²) >= 11 is 3.64. The number of rotatable bonds is 6. The van der Waals surface area contributed by atoms with Gasteiger partial charge in [0.1, 0.15) is 12.3 Å². The van der Waals surface area contributed by atoms with Crippen LogP contribution in [0.1, 0.15) is 25.7 Å². The highest BCUT2D eigenvalue weighted by Crippen LogP contribution is 2.39. The Bertz CT molecular complexity index is 806. The number of fused-ring (bicyclic) bond motifs is 1. The number of H-pyrrole nitrogens is 1. The number of hydrogen-bond acceptors (Lipinski definition) is 4. The molecule has 1 atom stereocenters. The number of anilines is 2. The van der Waals surface area contributed by atoms with Gasteiger partial charge in [-0.2, -0.15) is 0 Å². The van der Waals surface area contributed by atoms with Crippen molar-refractivity contribution < 1.29 is 9.18 Å². The topological polar surface area (TPSA) is 73.0 Å². The van der Waals surface area contributed by atoms with Crippen molar-refractivity contribution in [3.8, 4) is 0 Å². The molecule has 0 aromatic carbocycles. The van der Waals surface area contributed by atoms with Gasteiger partial charge in [0.15, 0.2) is 0 Å². The molecule has 6 nitrogen and oxygen atoms in total. The molecule has 8 heteroatoms. The van der Waals surface area contributed by atoms with E-state index >= 15 is 0 Å². The first kappa shape index (κ1) is 17.7. The fourth-order valence-corrected chi connectivity index (χ4v) is 4.20. The summed E-state index contributed by atoms with van der Waals surface area (Å²) in [5.74, 6) is 0.228. The molecule has 2 aliphatic rings. The van der Waals surface area contributed by atoms with Crippen LogP contribution < -0.4 is 15.5 Å². The zero-order valence-corrected chi connectivity index (χ0v) is 16.1. The minimum absolute atomic E-state index is 0.0814. The maximum atomic E-state index is 12.5. The van der Waals surface area contributed by atoms with E-state index in [9.17, 15) is 9.18 Å². The number of aromatic amines is 1. The standard InChI is InChI=1S/C18H23BrFN5O/c19-13-8-22-17-15(14(9-23-17)24-18(26)11-3-4-11)16(13)25-7-1-2-12(10-25)21-6-5-20/h8-9,11-12,21H,1-7,10H2,(H,22,23)(H,24,26). The van der Waals surface area contributed by atoms with E-state index in [0.29, 0.717) is 6.54 Å². The lowest BCUT2D eigenvalue weighted by Gasteiger charge is -2.35. The average molecular weight is 424 g/mol. The number of alkyl halides is 1. The van der Waals surface area contributed by atoms with Gasteiger partial charge in [-0.1, -0.05) is 0 Å². The molecule has 1 aliphatic heterocycles. The van der Waals surface area contributed by atoms with Crippen molar-refractivity contribution in [3.05, 3.63) is 16.9 Å². The van der Waals surface area contributed by atoms with Crippen LogP contribution in [0.4, 0.5) is 15.8 Å². The number of halogens is 2. The van der Waals surface area contributed by atoms with Crippen molar-refractivity contribution in [2.24, 2.45) is 5.92 Å². The van der Waals surface area contributed by atoms with Crippen LogP contribution in [0.3, 0.4) is 0 Å². The molecule has 1 saturated heterocycles. The lowest BCUT2D eigenvalue weighted by Crippen LogP contribution is -2.46. The number of carbonyl (C=O) groups is 1. The average Bonchev–Trinajstić information content (AvgIpc) is 3.43. The molecule has 3 N–H and O–H groups in total. The third kappa shape index (κ3) is 3.57. The number of pyridine rings is 1. The highest BCUT2D eigenvalue weighted by atomic mass is 79.9. The minimum atomic E-state index is -0.352. The molecule has 2 fully saturated rings. The number of hydrogen-bond donors (Lipinski definition) is 3. The highest BCUT2D eigenvalue weighted by molar-refractivity contribution is 9.10. The molecule has 140 valence electrons. The SMILES string of the molecule is O=C(Nc1c[nH]c2ncc(Br)c(N3CCCC(NCCF)C3)c12)C1CC1. The Balaban J connectivity index is 1.65. The molecule has 3 heterocycles. The Hall–Kier alpha value is -1.67. The summed E-state index contributed by atoms with van der Waals surface area (Å²) in [6.45, 7) is 1.76. The van der Waals surface area contributed by atoms with Crippen molar-refractivity contribution in [1.29, 1.82) is 0 Å². The lowest BCUT2D eigenvalue weighted by atomic mass is 10.0. The fourth-order valence-electron chi connectivity index (χ4n) is 3.65. The predicted molar refractivity (Wildman–Crippen MR) is 104 cm³/mol. The second-order valence-electron chi connectivity index (χ2n) is 7.07. The summed E-state index contributed by atoms with van der Waals surface area (Å²) < 4.78 is 13.4. The molecule has 26 heavy (non-hydrogen) atoms. The summed E-state index contributed by atoms with van der Waals surface area (Å²) in [5.41, 5.74) is 2.57. The Morgan fingerprint density at radius 1 is 1.42 bits per heavy atom. The normalized spacial score (nSPS) is 20.5. The number of nitrogens with zero attached hydrogens (tertiary/aromatic N) is 2. The Morgan fingerprint density at radius 2 is 2.27 bits per heavy atom. The molecule has 1 amide bonds. The van der Waals surface area contributed by atoms with Crippen LogP contribution in [0.5, 0.6) is 0 Å². The first-order chi connectivity index (χ1) is 12.7. The number of piperidine rings is 1. The van der Waals surface area contributed by atoms with Gasteiger partial charge in [0, 0.05) is 44.0 Å². The van der Waals surface area contributed by atoms with Crippen LogP contribution >= 0.6 is 15.9 Å². The van der Waals surface area contributed by atoms with E-state index < -0.39 is 0 Å². The second kappa shape index (κ2) is 7.52. The zero-order valence-electron chi connectivity index (χ0n) is 14.5. The maximum absolute atomic E-state index is 12.5. The van der Waals surface area contributed by atoms with Crippen molar-refractivity contribution in [2.75, 3.05) is 36.5 Å². The summed E-state index contributed by atoms with van der Waals surface area (Å²) in [5, 5.41) is 7.26. The first-order valence-electron chi connectivity index (χ1n) is 9.18. The van der Waals surface area contributed by atoms with Crippen molar-refractivity contribution >= 4 is 44.2 Å². The van der Waals surface area contributed by atoms with Gasteiger partial charge in [-0.15, -0.1) is 0 Å². The first-order valence-corrected chi connectivity index (χ1v) is 9.97. The predicted octanol–water partition coefficient (Wildman–Crippen LogP) is 3.20. The van der Waals surface area contributed by atoms with Gasteiger partial charge in [-0.05, 0) is 41.6 Å². The molecule has 2 aromatic rings. The largest absolute Gasteiger partial charge is 0.368 e. The summed E-state index contributed by atoms with van der Waals surface area (Å²) in [6.07, 6.45) is 7.62. The van der Waals surface area contributed by atoms with Gasteiger partial charge >= 0.3 is 0 Å². The van der Waals surface area contributed by atoms with E-state index in [1.807, 2.05) is 6.20 Å². The van der Waals surface area contributed by atoms with Crippen molar-refractivity contribution in [1.82, 2.24) is 15.3 Å². The van der Waals surface area contributed by atoms with Crippen LogP contribution in [-0.4, -0.2) is 48.2 Å². The minimum Gasteiger partial charge on any atom is -0.368 e. The second-order valence-corrected chi connectivity index (χ2v) is 7.93. The van der Waals surface area contributed by atoms with E-state index in [4.69, 9.17) is 0 Å². The van der Waals surface area contributed by atoms with Gasteiger partial charge in [0.05, 0.1) is 21.2 Å². The quantitative estimate of drug-likeness (QED) is 0.666. The van der Waals surface area contributed by atoms with Crippen LogP contribution in [-0.2, 0) is 4.79 Å². The van der Waals surface area contributed by atoms with Crippen LogP contribution in [0.15, 0.2) is 16.9 Å². The molecule has 4 rings (SSSR count). The molecule has 0 bridgehead atoms.